The molecule has 0 N–H and O–H groups in total. The fourth-order valence-corrected chi connectivity index (χ4v) is 5.13. The minimum absolute atomic E-state index is 0.200. The van der Waals surface area contributed by atoms with Crippen molar-refractivity contribution in [2.24, 2.45) is 7.05 Å². The molecule has 3 nitrogen and oxygen atoms in total. The van der Waals surface area contributed by atoms with Crippen molar-refractivity contribution in [3.63, 3.8) is 0 Å². The lowest BCUT2D eigenvalue weighted by Crippen LogP contribution is -2.21. The topological polar surface area (TPSA) is 39.1 Å². The Morgan fingerprint density at radius 1 is 0.500 bits per heavy atom. The van der Waals surface area contributed by atoms with E-state index in [4.69, 9.17) is 0 Å². The van der Waals surface area contributed by atoms with Gasteiger partial charge in [-0.3, -0.25) is 14.2 Å². The quantitative estimate of drug-likeness (QED) is 0.386. The van der Waals surface area contributed by atoms with Crippen molar-refractivity contribution in [3.05, 3.63) is 69.2 Å². The summed E-state index contributed by atoms with van der Waals surface area (Å²) >= 11 is 0. The normalized spacial score (nSPS) is 13.1. The van der Waals surface area contributed by atoms with E-state index in [9.17, 15) is 9.59 Å². The zero-order valence-electron chi connectivity index (χ0n) is 13.9. The third-order valence-corrected chi connectivity index (χ3v) is 6.22. The van der Waals surface area contributed by atoms with Gasteiger partial charge in [0.1, 0.15) is 0 Å². The number of nitrogens with zero attached hydrogens (tertiary/aromatic N) is 1. The molecule has 120 valence electrons. The molecule has 0 aliphatic carbocycles. The first-order valence-electron chi connectivity index (χ1n) is 8.70. The van der Waals surface area contributed by atoms with Gasteiger partial charge in [0, 0.05) is 7.05 Å². The van der Waals surface area contributed by atoms with Crippen LogP contribution in [-0.2, 0) is 7.05 Å². The van der Waals surface area contributed by atoms with Gasteiger partial charge in [-0.2, -0.15) is 0 Å². The van der Waals surface area contributed by atoms with E-state index in [0.29, 0.717) is 10.8 Å². The summed E-state index contributed by atoms with van der Waals surface area (Å²) in [4.78, 5) is 25.7. The molecule has 1 aromatic heterocycles. The van der Waals surface area contributed by atoms with E-state index in [1.807, 2.05) is 12.1 Å². The van der Waals surface area contributed by atoms with Crippen molar-refractivity contribution in [1.82, 2.24) is 4.57 Å². The van der Waals surface area contributed by atoms with Gasteiger partial charge in [0.05, 0.1) is 10.8 Å². The molecule has 0 saturated heterocycles. The largest absolute Gasteiger partial charge is 0.277 e. The van der Waals surface area contributed by atoms with Gasteiger partial charge in [-0.15, -0.1) is 0 Å². The highest BCUT2D eigenvalue weighted by molar-refractivity contribution is 6.48. The molecule has 7 aromatic rings. The van der Waals surface area contributed by atoms with Crippen LogP contribution in [0.4, 0.5) is 0 Å². The van der Waals surface area contributed by atoms with Crippen LogP contribution in [-0.4, -0.2) is 4.57 Å². The van der Waals surface area contributed by atoms with Crippen LogP contribution in [0.1, 0.15) is 0 Å². The Morgan fingerprint density at radius 3 is 1.27 bits per heavy atom. The van der Waals surface area contributed by atoms with Crippen molar-refractivity contribution in [3.8, 4) is 0 Å². The van der Waals surface area contributed by atoms with Crippen molar-refractivity contribution >= 4 is 64.6 Å². The lowest BCUT2D eigenvalue weighted by molar-refractivity contribution is 0.857. The van der Waals surface area contributed by atoms with Crippen LogP contribution >= 0.6 is 0 Å². The molecule has 0 spiro atoms. The summed E-state index contributed by atoms with van der Waals surface area (Å²) < 4.78 is 1.24. The predicted molar refractivity (Wildman–Crippen MR) is 108 cm³/mol. The minimum Gasteiger partial charge on any atom is -0.277 e. The Bertz CT molecular complexity index is 1650. The summed E-state index contributed by atoms with van der Waals surface area (Å²) in [7, 11) is 1.57. The molecule has 0 radical (unpaired) electrons. The zero-order valence-corrected chi connectivity index (χ0v) is 13.9. The molecule has 26 heavy (non-hydrogen) atoms. The van der Waals surface area contributed by atoms with Crippen LogP contribution in [0.3, 0.4) is 0 Å². The smallest absolute Gasteiger partial charge is 0.261 e. The number of hydrogen-bond acceptors (Lipinski definition) is 2. The third kappa shape index (κ3) is 1.10. The maximum Gasteiger partial charge on any atom is 0.261 e. The van der Waals surface area contributed by atoms with Crippen LogP contribution < -0.4 is 11.1 Å². The molecule has 0 saturated carbocycles. The summed E-state index contributed by atoms with van der Waals surface area (Å²) in [5.41, 5.74) is -0.399. The van der Waals surface area contributed by atoms with Gasteiger partial charge in [0.15, 0.2) is 0 Å². The van der Waals surface area contributed by atoms with E-state index in [1.54, 1.807) is 7.05 Å². The zero-order chi connectivity index (χ0) is 17.3. The Labute approximate surface area is 146 Å². The highest BCUT2D eigenvalue weighted by Gasteiger charge is 2.25. The van der Waals surface area contributed by atoms with Crippen molar-refractivity contribution in [1.29, 1.82) is 0 Å². The summed E-state index contributed by atoms with van der Waals surface area (Å²) in [6.07, 6.45) is 0. The van der Waals surface area contributed by atoms with Crippen LogP contribution in [0.5, 0.6) is 0 Å². The molecule has 7 rings (SSSR count). The number of benzene rings is 5. The highest BCUT2D eigenvalue weighted by Crippen LogP contribution is 2.49. The van der Waals surface area contributed by atoms with E-state index < -0.39 is 0 Å². The molecule has 1 heterocycles. The molecular weight excluding hydrogens is 322 g/mol. The Morgan fingerprint density at radius 2 is 0.846 bits per heavy atom. The van der Waals surface area contributed by atoms with Crippen molar-refractivity contribution in [2.75, 3.05) is 0 Å². The van der Waals surface area contributed by atoms with Gasteiger partial charge >= 0.3 is 0 Å². The number of rotatable bonds is 0. The number of aromatic nitrogens is 1. The number of hydrogen-bond donors (Lipinski definition) is 0. The van der Waals surface area contributed by atoms with E-state index in [1.165, 1.54) is 36.9 Å². The maximum absolute atomic E-state index is 12.9. The third-order valence-electron chi connectivity index (χ3n) is 6.22. The Balaban J connectivity index is 2.10. The lowest BCUT2D eigenvalue weighted by atomic mass is 9.95. The van der Waals surface area contributed by atoms with E-state index in [0.717, 1.165) is 21.5 Å². The van der Waals surface area contributed by atoms with Gasteiger partial charge in [-0.05, 0) is 53.9 Å². The molecule has 6 aromatic carbocycles. The van der Waals surface area contributed by atoms with E-state index in [2.05, 4.69) is 36.4 Å². The molecule has 0 aliphatic rings. The molecule has 3 heteroatoms. The minimum atomic E-state index is -0.200. The van der Waals surface area contributed by atoms with Gasteiger partial charge in [-0.1, -0.05) is 48.5 Å². The average molecular weight is 333 g/mol. The van der Waals surface area contributed by atoms with Crippen LogP contribution in [0.25, 0.3) is 64.6 Å². The monoisotopic (exact) mass is 333 g/mol. The molecule has 0 unspecified atom stereocenters. The first kappa shape index (κ1) is 12.8. The Hall–Kier alpha value is -3.46. The van der Waals surface area contributed by atoms with Crippen LogP contribution in [0, 0.1) is 0 Å². The second-order valence-corrected chi connectivity index (χ2v) is 7.32. The van der Waals surface area contributed by atoms with Gasteiger partial charge in [0.2, 0.25) is 0 Å². The fourth-order valence-electron chi connectivity index (χ4n) is 5.13. The summed E-state index contributed by atoms with van der Waals surface area (Å²) in [6.45, 7) is 0. The summed E-state index contributed by atoms with van der Waals surface area (Å²) in [5.74, 6) is 0. The van der Waals surface area contributed by atoms with E-state index in [-0.39, 0.29) is 11.1 Å². The van der Waals surface area contributed by atoms with Crippen LogP contribution in [0.15, 0.2) is 58.1 Å². The molecule has 0 bridgehead atoms. The second-order valence-electron chi connectivity index (χ2n) is 7.32. The molecular formula is C23H11NO2. The fraction of sp³-hybridized carbons (Fsp3) is 0.0435. The highest BCUT2D eigenvalue weighted by atomic mass is 16.2. The lowest BCUT2D eigenvalue weighted by Gasteiger charge is -2.06. The summed E-state index contributed by atoms with van der Waals surface area (Å²) in [5, 5.41) is 12.4. The Kier molecular flexibility index (Phi) is 1.83. The second kappa shape index (κ2) is 3.70. The van der Waals surface area contributed by atoms with Crippen molar-refractivity contribution in [2.45, 2.75) is 0 Å². The first-order valence-corrected chi connectivity index (χ1v) is 8.70. The molecule has 0 atom stereocenters. The molecule has 0 fully saturated rings. The van der Waals surface area contributed by atoms with Crippen LogP contribution in [0.2, 0.25) is 0 Å². The molecule has 0 aliphatic heterocycles. The van der Waals surface area contributed by atoms with Gasteiger partial charge in [0.25, 0.3) is 11.1 Å². The standard InChI is InChI=1S/C23H11NO2/c1-24-22(25)20-13-8-6-11-4-2-10-3-5-12-7-9-14(21(20)23(24)26)19-17(12)15(10)16(11)18(13)19/h2-9H,1H3. The average Bonchev–Trinajstić information content (AvgIpc) is 3.14. The maximum atomic E-state index is 12.9. The first-order chi connectivity index (χ1) is 12.7. The van der Waals surface area contributed by atoms with Gasteiger partial charge < -0.3 is 0 Å². The molecule has 0 amide bonds. The summed E-state index contributed by atoms with van der Waals surface area (Å²) in [6, 6.07) is 16.8. The number of fused-ring (bicyclic) bond motifs is 3. The SMILES string of the molecule is Cn1c(=O)c2c3ccc4ccc5ccc6ccc(c2c1=O)c1c6c5c4c31. The van der Waals surface area contributed by atoms with Gasteiger partial charge in [-0.25, -0.2) is 0 Å². The predicted octanol–water partition coefficient (Wildman–Crippen LogP) is 4.42. The van der Waals surface area contributed by atoms with E-state index >= 15 is 0 Å². The van der Waals surface area contributed by atoms with Crippen molar-refractivity contribution < 1.29 is 0 Å².